The molecule has 0 aliphatic heterocycles. The summed E-state index contributed by atoms with van der Waals surface area (Å²) >= 11 is 0. The molecule has 3 unspecified atom stereocenters. The summed E-state index contributed by atoms with van der Waals surface area (Å²) in [5, 5.41) is 18.5. The van der Waals surface area contributed by atoms with E-state index in [-0.39, 0.29) is 18.6 Å². The normalized spacial score (nSPS) is 19.3. The highest BCUT2D eigenvalue weighted by Gasteiger charge is 2.37. The zero-order valence-corrected chi connectivity index (χ0v) is 10.2. The molecule has 0 rings (SSSR count). The summed E-state index contributed by atoms with van der Waals surface area (Å²) in [4.78, 5) is 0. The highest BCUT2D eigenvalue weighted by Crippen LogP contribution is 2.24. The molecule has 0 radical (unpaired) electrons. The van der Waals surface area contributed by atoms with Crippen LogP contribution >= 0.6 is 0 Å². The molecule has 0 bridgehead atoms. The fourth-order valence-corrected chi connectivity index (χ4v) is 1.17. The first-order chi connectivity index (χ1) is 6.89. The minimum atomic E-state index is -0.981. The summed E-state index contributed by atoms with van der Waals surface area (Å²) in [6.45, 7) is 7.39. The van der Waals surface area contributed by atoms with Gasteiger partial charge in [-0.2, -0.15) is 5.26 Å². The number of hydrogen-bond donors (Lipinski definition) is 1. The Bertz CT molecular complexity index is 222. The molecule has 0 aliphatic rings. The maximum Gasteiger partial charge on any atom is 0.179 e. The topological polar surface area (TPSA) is 62.5 Å². The van der Waals surface area contributed by atoms with Crippen LogP contribution in [0, 0.1) is 17.2 Å². The third-order valence-corrected chi connectivity index (χ3v) is 2.56. The zero-order chi connectivity index (χ0) is 12.1. The van der Waals surface area contributed by atoms with Crippen LogP contribution < -0.4 is 0 Å². The van der Waals surface area contributed by atoms with Crippen molar-refractivity contribution in [1.82, 2.24) is 0 Å². The molecule has 0 aromatic carbocycles. The average Bonchev–Trinajstić information content (AvgIpc) is 2.16. The third-order valence-electron chi connectivity index (χ3n) is 2.56. The molecule has 4 nitrogen and oxygen atoms in total. The summed E-state index contributed by atoms with van der Waals surface area (Å²) in [5.41, 5.74) is -0.981. The summed E-state index contributed by atoms with van der Waals surface area (Å²) in [5.74, 6) is 0.00338. The molecule has 0 aromatic rings. The Kier molecular flexibility index (Phi) is 5.81. The molecule has 0 saturated heterocycles. The van der Waals surface area contributed by atoms with Crippen molar-refractivity contribution in [3.63, 3.8) is 0 Å². The zero-order valence-electron chi connectivity index (χ0n) is 10.2. The molecular formula is C11H21NO3. The van der Waals surface area contributed by atoms with E-state index in [0.29, 0.717) is 0 Å². The molecule has 0 aromatic heterocycles. The van der Waals surface area contributed by atoms with Crippen molar-refractivity contribution in [1.29, 1.82) is 5.26 Å². The lowest BCUT2D eigenvalue weighted by atomic mass is 9.92. The minimum absolute atomic E-state index is 0.00338. The van der Waals surface area contributed by atoms with Gasteiger partial charge in [-0.15, -0.1) is 0 Å². The van der Waals surface area contributed by atoms with Crippen LogP contribution in [0.15, 0.2) is 0 Å². The second kappa shape index (κ2) is 6.06. The Morgan fingerprint density at radius 1 is 1.33 bits per heavy atom. The fourth-order valence-electron chi connectivity index (χ4n) is 1.17. The van der Waals surface area contributed by atoms with Gasteiger partial charge >= 0.3 is 0 Å². The van der Waals surface area contributed by atoms with Crippen molar-refractivity contribution in [2.75, 3.05) is 13.7 Å². The lowest BCUT2D eigenvalue weighted by Crippen LogP contribution is -2.46. The van der Waals surface area contributed by atoms with Gasteiger partial charge in [-0.05, 0) is 19.8 Å². The van der Waals surface area contributed by atoms with E-state index in [4.69, 9.17) is 9.47 Å². The number of aliphatic hydroxyl groups is 1. The van der Waals surface area contributed by atoms with Gasteiger partial charge in [-0.3, -0.25) is 0 Å². The third kappa shape index (κ3) is 3.78. The monoisotopic (exact) mass is 215 g/mol. The maximum absolute atomic E-state index is 9.35. The molecule has 0 fully saturated rings. The van der Waals surface area contributed by atoms with Crippen molar-refractivity contribution in [2.24, 2.45) is 5.92 Å². The van der Waals surface area contributed by atoms with Gasteiger partial charge in [0.1, 0.15) is 6.07 Å². The first kappa shape index (κ1) is 14.4. The second-order valence-corrected chi connectivity index (χ2v) is 4.15. The van der Waals surface area contributed by atoms with Crippen LogP contribution in [0.5, 0.6) is 0 Å². The van der Waals surface area contributed by atoms with Crippen molar-refractivity contribution in [2.45, 2.75) is 45.5 Å². The van der Waals surface area contributed by atoms with Crippen LogP contribution in [0.25, 0.3) is 0 Å². The molecule has 0 heterocycles. The van der Waals surface area contributed by atoms with E-state index in [1.807, 2.05) is 13.8 Å². The van der Waals surface area contributed by atoms with E-state index in [9.17, 15) is 10.4 Å². The van der Waals surface area contributed by atoms with Gasteiger partial charge < -0.3 is 14.6 Å². The number of methoxy groups -OCH3 is 1. The summed E-state index contributed by atoms with van der Waals surface area (Å²) in [6, 6.07) is 2.14. The lowest BCUT2D eigenvalue weighted by Gasteiger charge is -2.33. The predicted molar refractivity (Wildman–Crippen MR) is 57.3 cm³/mol. The van der Waals surface area contributed by atoms with Crippen molar-refractivity contribution >= 4 is 0 Å². The van der Waals surface area contributed by atoms with E-state index in [0.717, 1.165) is 0 Å². The van der Waals surface area contributed by atoms with Crippen molar-refractivity contribution < 1.29 is 14.6 Å². The van der Waals surface area contributed by atoms with Gasteiger partial charge in [0.15, 0.2) is 5.60 Å². The maximum atomic E-state index is 9.35. The SMILES string of the molecule is COCC(C#N)(OC(C)C(C)O)C(C)C. The van der Waals surface area contributed by atoms with Gasteiger partial charge in [0.05, 0.1) is 18.8 Å². The molecule has 1 N–H and O–H groups in total. The average molecular weight is 215 g/mol. The largest absolute Gasteiger partial charge is 0.391 e. The Balaban J connectivity index is 4.71. The van der Waals surface area contributed by atoms with E-state index in [2.05, 4.69) is 6.07 Å². The first-order valence-corrected chi connectivity index (χ1v) is 5.15. The molecule has 0 spiro atoms. The summed E-state index contributed by atoms with van der Waals surface area (Å²) < 4.78 is 10.6. The Hall–Kier alpha value is -0.630. The van der Waals surface area contributed by atoms with Crippen LogP contribution in [0.3, 0.4) is 0 Å². The van der Waals surface area contributed by atoms with E-state index in [1.165, 1.54) is 7.11 Å². The van der Waals surface area contributed by atoms with Crippen LogP contribution in [0.4, 0.5) is 0 Å². The van der Waals surface area contributed by atoms with Crippen LogP contribution in [0.2, 0.25) is 0 Å². The molecular weight excluding hydrogens is 194 g/mol. The number of nitrogens with zero attached hydrogens (tertiary/aromatic N) is 1. The van der Waals surface area contributed by atoms with Gasteiger partial charge in [-0.1, -0.05) is 13.8 Å². The van der Waals surface area contributed by atoms with E-state index >= 15 is 0 Å². The summed E-state index contributed by atoms with van der Waals surface area (Å²) in [7, 11) is 1.53. The number of rotatable bonds is 6. The summed E-state index contributed by atoms with van der Waals surface area (Å²) in [6.07, 6.45) is -0.990. The lowest BCUT2D eigenvalue weighted by molar-refractivity contribution is -0.139. The van der Waals surface area contributed by atoms with Gasteiger partial charge in [-0.25, -0.2) is 0 Å². The van der Waals surface area contributed by atoms with Crippen molar-refractivity contribution in [3.05, 3.63) is 0 Å². The standard InChI is InChI=1S/C11H21NO3/c1-8(2)11(6-12,7-14-5)15-10(4)9(3)13/h8-10,13H,7H2,1-5H3. The number of aliphatic hydroxyl groups excluding tert-OH is 1. The first-order valence-electron chi connectivity index (χ1n) is 5.15. The van der Waals surface area contributed by atoms with Gasteiger partial charge in [0.2, 0.25) is 0 Å². The van der Waals surface area contributed by atoms with Crippen molar-refractivity contribution in [3.8, 4) is 6.07 Å². The Labute approximate surface area is 91.8 Å². The molecule has 3 atom stereocenters. The highest BCUT2D eigenvalue weighted by molar-refractivity contribution is 5.05. The number of ether oxygens (including phenoxy) is 2. The van der Waals surface area contributed by atoms with Gasteiger partial charge in [0, 0.05) is 7.11 Å². The molecule has 0 aliphatic carbocycles. The minimum Gasteiger partial charge on any atom is -0.391 e. The molecule has 0 amide bonds. The molecule has 4 heteroatoms. The molecule has 0 saturated carbocycles. The number of hydrogen-bond acceptors (Lipinski definition) is 4. The number of nitriles is 1. The second-order valence-electron chi connectivity index (χ2n) is 4.15. The van der Waals surface area contributed by atoms with Crippen LogP contribution in [-0.4, -0.2) is 36.6 Å². The molecule has 15 heavy (non-hydrogen) atoms. The quantitative estimate of drug-likeness (QED) is 0.726. The highest BCUT2D eigenvalue weighted by atomic mass is 16.6. The fraction of sp³-hybridized carbons (Fsp3) is 0.909. The Morgan fingerprint density at radius 2 is 1.87 bits per heavy atom. The van der Waals surface area contributed by atoms with E-state index < -0.39 is 11.7 Å². The smallest absolute Gasteiger partial charge is 0.179 e. The molecule has 88 valence electrons. The van der Waals surface area contributed by atoms with Crippen LogP contribution in [-0.2, 0) is 9.47 Å². The van der Waals surface area contributed by atoms with E-state index in [1.54, 1.807) is 13.8 Å². The van der Waals surface area contributed by atoms with Crippen LogP contribution in [0.1, 0.15) is 27.7 Å². The predicted octanol–water partition coefficient (Wildman–Crippen LogP) is 1.34. The Morgan fingerprint density at radius 3 is 2.13 bits per heavy atom. The van der Waals surface area contributed by atoms with Gasteiger partial charge in [0.25, 0.3) is 0 Å².